The number of halogens is 1. The van der Waals surface area contributed by atoms with Crippen molar-refractivity contribution >= 4 is 35.1 Å². The van der Waals surface area contributed by atoms with Crippen molar-refractivity contribution in [2.75, 3.05) is 52.9 Å². The predicted octanol–water partition coefficient (Wildman–Crippen LogP) is 7.31. The number of Topliss-reactive ketones (excluding diaryl/α,β-unsaturated/α-hetero) is 1. The van der Waals surface area contributed by atoms with Gasteiger partial charge in [-0.2, -0.15) is 10.4 Å². The van der Waals surface area contributed by atoms with Crippen molar-refractivity contribution in [1.82, 2.24) is 35.5 Å². The van der Waals surface area contributed by atoms with Crippen LogP contribution in [-0.4, -0.2) is 114 Å². The van der Waals surface area contributed by atoms with Gasteiger partial charge in [-0.05, 0) is 122 Å². The minimum Gasteiger partial charge on any atom is -0.491 e. The molecule has 0 saturated heterocycles. The molecule has 2 bridgehead atoms. The number of fused-ring (bicyclic) bond motifs is 7. The fourth-order valence-electron chi connectivity index (χ4n) is 10.6. The second-order valence-electron chi connectivity index (χ2n) is 22.0. The lowest BCUT2D eigenvalue weighted by molar-refractivity contribution is -0.147. The summed E-state index contributed by atoms with van der Waals surface area (Å²) in [6.07, 6.45) is 3.09. The van der Waals surface area contributed by atoms with Crippen LogP contribution in [0.25, 0.3) is 11.1 Å². The van der Waals surface area contributed by atoms with Gasteiger partial charge in [-0.3, -0.25) is 28.7 Å². The number of ether oxygens (including phenoxy) is 4. The average molecular weight is 1100 g/mol. The van der Waals surface area contributed by atoms with Crippen molar-refractivity contribution in [3.63, 3.8) is 0 Å². The highest BCUT2D eigenvalue weighted by atomic mass is 19.1. The third-order valence-corrected chi connectivity index (χ3v) is 15.2. The summed E-state index contributed by atoms with van der Waals surface area (Å²) >= 11 is 0. The number of hydrogen-bond acceptors (Lipinski definition) is 13. The standard InChI is InChI=1S/C61H74FN9O9/c1-37(65-6)57(73)67-56(61(3,4)5)60(76)70-35-42-30-45(20-17-40(42)31-52(70)58(74)66-50-16-10-13-39-12-8-9-15-46(39)50)79-29-28-78-27-26-77-25-23-44(72)14-11-24-71-53-36-69(7)59(75)47-21-19-43(62)33-48(47)38(2)80-54-32-41(18-22-49(54)64)55(53)51(34-63)68-71/h8-9,12,15,17-22,30,32-33,37-38,50,52,56,65H,10-11,13-14,16,23-29,31,35-36,64H2,1-7H3,(H,66,74)(H,67,73)/t37-,38-,50+,52-,56+/m1/s1. The van der Waals surface area contributed by atoms with Crippen molar-refractivity contribution in [2.45, 2.75) is 129 Å². The highest BCUT2D eigenvalue weighted by Crippen LogP contribution is 2.38. The Morgan fingerprint density at radius 1 is 0.925 bits per heavy atom. The van der Waals surface area contributed by atoms with Gasteiger partial charge < -0.3 is 50.4 Å². The summed E-state index contributed by atoms with van der Waals surface area (Å²) in [5.41, 5.74) is 12.5. The molecule has 5 N–H and O–H groups in total. The fraction of sp³-hybridized carbons (Fsp3) is 0.459. The quantitative estimate of drug-likeness (QED) is 0.0443. The largest absolute Gasteiger partial charge is 0.491 e. The minimum atomic E-state index is -0.906. The Bertz CT molecular complexity index is 3130. The predicted molar refractivity (Wildman–Crippen MR) is 299 cm³/mol. The van der Waals surface area contributed by atoms with E-state index in [4.69, 9.17) is 24.7 Å². The monoisotopic (exact) mass is 1100 g/mol. The average Bonchev–Trinajstić information content (AvgIpc) is 3.81. The molecule has 5 aromatic rings. The van der Waals surface area contributed by atoms with Crippen LogP contribution in [0.3, 0.4) is 0 Å². The van der Waals surface area contributed by atoms with Crippen LogP contribution in [0.4, 0.5) is 10.1 Å². The molecule has 3 heterocycles. The van der Waals surface area contributed by atoms with E-state index in [0.29, 0.717) is 59.0 Å². The number of rotatable bonds is 20. The Balaban J connectivity index is 0.814. The van der Waals surface area contributed by atoms with Crippen molar-refractivity contribution in [3.05, 3.63) is 129 Å². The molecule has 424 valence electrons. The lowest BCUT2D eigenvalue weighted by Crippen LogP contribution is -2.62. The van der Waals surface area contributed by atoms with Crippen LogP contribution in [0.1, 0.15) is 128 Å². The highest BCUT2D eigenvalue weighted by Gasteiger charge is 2.43. The number of likely N-dealkylation sites (N-methyl/N-ethyl adjacent to an activating group) is 1. The van der Waals surface area contributed by atoms with Gasteiger partial charge in [0, 0.05) is 56.1 Å². The maximum Gasteiger partial charge on any atom is 0.254 e. The van der Waals surface area contributed by atoms with Gasteiger partial charge in [-0.1, -0.05) is 57.2 Å². The fourth-order valence-corrected chi connectivity index (χ4v) is 10.6. The first kappa shape index (κ1) is 58.5. The van der Waals surface area contributed by atoms with Gasteiger partial charge in [0.2, 0.25) is 17.7 Å². The van der Waals surface area contributed by atoms with Gasteiger partial charge in [0.05, 0.1) is 56.4 Å². The number of aryl methyl sites for hydroxylation is 2. The lowest BCUT2D eigenvalue weighted by Gasteiger charge is -2.41. The summed E-state index contributed by atoms with van der Waals surface area (Å²) in [7, 11) is 3.31. The number of nitrogens with one attached hydrogen (secondary N) is 3. The Morgan fingerprint density at radius 2 is 1.69 bits per heavy atom. The molecule has 3 aliphatic rings. The Kier molecular flexibility index (Phi) is 19.1. The Hall–Kier alpha value is -7.66. The zero-order valence-corrected chi connectivity index (χ0v) is 46.9. The molecule has 5 atom stereocenters. The van der Waals surface area contributed by atoms with Gasteiger partial charge in [-0.15, -0.1) is 0 Å². The molecule has 0 saturated carbocycles. The normalized spacial score (nSPS) is 17.6. The lowest BCUT2D eigenvalue weighted by atomic mass is 9.83. The molecule has 1 aromatic heterocycles. The zero-order valence-electron chi connectivity index (χ0n) is 46.9. The third kappa shape index (κ3) is 13.8. The number of amides is 4. The molecule has 8 rings (SSSR count). The summed E-state index contributed by atoms with van der Waals surface area (Å²) in [4.78, 5) is 72.4. The number of nitrogens with zero attached hydrogens (tertiary/aromatic N) is 5. The van der Waals surface area contributed by atoms with Gasteiger partial charge in [-0.25, -0.2) is 4.39 Å². The SMILES string of the molecule is CN[C@H](C)C(=O)N[C@@H](C(=O)N1Cc2cc(OCCOCCOCCC(=O)CCCn3nc(C#N)c4c3CN(C)C(=O)c3ccc(F)cc3[C@@H](C)Oc3cc-4ccc3N)ccc2C[C@@H]1C(=O)N[C@H]1CCCc2ccccc21)C(C)(C)C. The van der Waals surface area contributed by atoms with Crippen molar-refractivity contribution in [2.24, 2.45) is 5.41 Å². The van der Waals surface area contributed by atoms with Crippen LogP contribution in [0, 0.1) is 22.6 Å². The summed E-state index contributed by atoms with van der Waals surface area (Å²) in [6, 6.07) is 22.7. The molecule has 4 aromatic carbocycles. The van der Waals surface area contributed by atoms with Crippen molar-refractivity contribution in [1.29, 1.82) is 5.26 Å². The van der Waals surface area contributed by atoms with Crippen LogP contribution < -0.4 is 31.2 Å². The van der Waals surface area contributed by atoms with E-state index in [1.54, 1.807) is 55.7 Å². The molecule has 0 radical (unpaired) electrons. The molecule has 0 spiro atoms. The summed E-state index contributed by atoms with van der Waals surface area (Å²) in [6.45, 7) is 10.9. The molecule has 0 unspecified atom stereocenters. The van der Waals surface area contributed by atoms with E-state index in [-0.39, 0.29) is 106 Å². The van der Waals surface area contributed by atoms with E-state index in [0.717, 1.165) is 36.0 Å². The number of benzene rings is 4. The van der Waals surface area contributed by atoms with E-state index < -0.39 is 35.5 Å². The number of nitrogens with two attached hydrogens (primary N) is 1. The molecule has 80 heavy (non-hydrogen) atoms. The Morgan fingerprint density at radius 3 is 2.45 bits per heavy atom. The molecular weight excluding hydrogens is 1020 g/mol. The van der Waals surface area contributed by atoms with Gasteiger partial charge in [0.25, 0.3) is 5.91 Å². The van der Waals surface area contributed by atoms with E-state index >= 15 is 0 Å². The number of ketones is 1. The van der Waals surface area contributed by atoms with Crippen LogP contribution in [-0.2, 0) is 61.1 Å². The Labute approximate surface area is 467 Å². The molecule has 2 aliphatic heterocycles. The summed E-state index contributed by atoms with van der Waals surface area (Å²) in [5, 5.41) is 24.1. The molecular formula is C61H74FN9O9. The maximum atomic E-state index is 14.7. The first-order chi connectivity index (χ1) is 38.3. The third-order valence-electron chi connectivity index (χ3n) is 15.2. The molecule has 4 amide bonds. The second kappa shape index (κ2) is 26.1. The van der Waals surface area contributed by atoms with E-state index in [2.05, 4.69) is 39.3 Å². The number of aromatic nitrogens is 2. The first-order valence-corrected chi connectivity index (χ1v) is 27.5. The first-order valence-electron chi connectivity index (χ1n) is 27.5. The van der Waals surface area contributed by atoms with Crippen LogP contribution in [0.2, 0.25) is 0 Å². The van der Waals surface area contributed by atoms with Crippen molar-refractivity contribution < 1.29 is 47.3 Å². The van der Waals surface area contributed by atoms with Crippen LogP contribution >= 0.6 is 0 Å². The molecule has 19 heteroatoms. The highest BCUT2D eigenvalue weighted by molar-refractivity contribution is 5.96. The smallest absolute Gasteiger partial charge is 0.254 e. The van der Waals surface area contributed by atoms with E-state index in [1.807, 2.05) is 51.1 Å². The van der Waals surface area contributed by atoms with Crippen LogP contribution in [0.5, 0.6) is 11.5 Å². The molecule has 0 fully saturated rings. The summed E-state index contributed by atoms with van der Waals surface area (Å²) in [5.74, 6) is -0.890. The number of anilines is 1. The van der Waals surface area contributed by atoms with Gasteiger partial charge in [0.15, 0.2) is 5.69 Å². The topological polar surface area (TPSA) is 232 Å². The summed E-state index contributed by atoms with van der Waals surface area (Å²) < 4.78 is 40.0. The number of carbonyl (C=O) groups excluding carboxylic acids is 5. The van der Waals surface area contributed by atoms with Gasteiger partial charge in [0.1, 0.15) is 54.0 Å². The number of hydrogen-bond donors (Lipinski definition) is 4. The molecule has 1 aliphatic carbocycles. The van der Waals surface area contributed by atoms with E-state index in [1.165, 1.54) is 28.7 Å². The number of nitrogen functional groups attached to an aromatic ring is 1. The van der Waals surface area contributed by atoms with Crippen molar-refractivity contribution in [3.8, 4) is 28.7 Å². The zero-order chi connectivity index (χ0) is 57.3. The number of nitriles is 1. The van der Waals surface area contributed by atoms with Gasteiger partial charge >= 0.3 is 0 Å². The molecule has 18 nitrogen and oxygen atoms in total. The maximum absolute atomic E-state index is 14.7. The number of carbonyl (C=O) groups is 5. The van der Waals surface area contributed by atoms with Crippen LogP contribution in [0.15, 0.2) is 78.9 Å². The van der Waals surface area contributed by atoms with E-state index in [9.17, 15) is 33.6 Å². The minimum absolute atomic E-state index is 0.0108. The second-order valence-corrected chi connectivity index (χ2v) is 22.0.